The van der Waals surface area contributed by atoms with E-state index in [2.05, 4.69) is 25.0 Å². The first-order chi connectivity index (χ1) is 21.6. The van der Waals surface area contributed by atoms with Crippen molar-refractivity contribution in [1.29, 1.82) is 0 Å². The number of hydrogen-bond acceptors (Lipinski definition) is 8. The smallest absolute Gasteiger partial charge is 0.475 e. The minimum absolute atomic E-state index is 0.00698. The van der Waals surface area contributed by atoms with Crippen LogP contribution < -0.4 is 4.90 Å². The maximum Gasteiger partial charge on any atom is 0.490 e. The summed E-state index contributed by atoms with van der Waals surface area (Å²) in [7, 11) is 0. The molecule has 3 N–H and O–H groups in total. The Balaban J connectivity index is 0.000000289. The van der Waals surface area contributed by atoms with E-state index in [1.165, 1.54) is 6.33 Å². The SMILES string of the molecule is FCC([C@H]1CCN(c2nc3c(cc2F)CCS3)C1)n1cc(-c2ncnc3[nH]ccc23)cn1.O=C(O)C(F)(F)F.O=C(O)C(F)(F)F. The van der Waals surface area contributed by atoms with Gasteiger partial charge in [0.1, 0.15) is 23.7 Å². The maximum absolute atomic E-state index is 14.7. The number of aliphatic carboxylic acids is 2. The number of aryl methyl sites for hydroxylation is 1. The molecule has 6 heterocycles. The Hall–Kier alpha value is -4.49. The van der Waals surface area contributed by atoms with Crippen LogP contribution in [-0.4, -0.2) is 89.7 Å². The summed E-state index contributed by atoms with van der Waals surface area (Å²) in [6.45, 7) is 0.657. The average Bonchev–Trinajstić information content (AvgIpc) is 3.80. The number of alkyl halides is 7. The number of carboxylic acids is 2. The molecule has 0 spiro atoms. The van der Waals surface area contributed by atoms with Crippen LogP contribution in [0.5, 0.6) is 0 Å². The van der Waals surface area contributed by atoms with Crippen molar-refractivity contribution in [3.05, 3.63) is 48.4 Å². The lowest BCUT2D eigenvalue weighted by Gasteiger charge is -2.23. The van der Waals surface area contributed by atoms with Crippen LogP contribution in [0.15, 0.2) is 42.1 Å². The minimum atomic E-state index is -5.08. The van der Waals surface area contributed by atoms with Crippen molar-refractivity contribution in [3.8, 4) is 11.3 Å². The summed E-state index contributed by atoms with van der Waals surface area (Å²) in [6, 6.07) is 3.10. The lowest BCUT2D eigenvalue weighted by atomic mass is 10.0. The first-order valence-electron chi connectivity index (χ1n) is 13.2. The molecule has 0 bridgehead atoms. The van der Waals surface area contributed by atoms with Crippen LogP contribution >= 0.6 is 11.8 Å². The van der Waals surface area contributed by atoms with E-state index in [4.69, 9.17) is 19.8 Å². The fourth-order valence-corrected chi connectivity index (χ4v) is 5.75. The summed E-state index contributed by atoms with van der Waals surface area (Å²) in [5.74, 6) is -4.46. The van der Waals surface area contributed by atoms with Crippen molar-refractivity contribution in [2.75, 3.05) is 30.4 Å². The number of anilines is 1. The minimum Gasteiger partial charge on any atom is -0.475 e. The van der Waals surface area contributed by atoms with Crippen molar-refractivity contribution in [3.63, 3.8) is 0 Å². The third-order valence-electron chi connectivity index (χ3n) is 6.89. The molecule has 11 nitrogen and oxygen atoms in total. The van der Waals surface area contributed by atoms with Crippen LogP contribution in [0.3, 0.4) is 0 Å². The van der Waals surface area contributed by atoms with E-state index >= 15 is 0 Å². The van der Waals surface area contributed by atoms with Crippen molar-refractivity contribution < 1.29 is 54.9 Å². The number of nitrogens with zero attached hydrogens (tertiary/aromatic N) is 6. The van der Waals surface area contributed by atoms with E-state index in [-0.39, 0.29) is 11.7 Å². The average molecular weight is 682 g/mol. The Labute approximate surface area is 257 Å². The zero-order valence-corrected chi connectivity index (χ0v) is 24.0. The van der Waals surface area contributed by atoms with Crippen LogP contribution in [0.4, 0.5) is 40.9 Å². The van der Waals surface area contributed by atoms with Gasteiger partial charge in [0.25, 0.3) is 0 Å². The Morgan fingerprint density at radius 3 is 2.41 bits per heavy atom. The highest BCUT2D eigenvalue weighted by molar-refractivity contribution is 7.99. The Morgan fingerprint density at radius 2 is 1.78 bits per heavy atom. The highest BCUT2D eigenvalue weighted by Gasteiger charge is 2.39. The van der Waals surface area contributed by atoms with Crippen LogP contribution in [0.25, 0.3) is 22.3 Å². The summed E-state index contributed by atoms with van der Waals surface area (Å²) in [5.41, 5.74) is 3.31. The second-order valence-electron chi connectivity index (χ2n) is 9.85. The fraction of sp³-hybridized carbons (Fsp3) is 0.385. The molecule has 2 aliphatic rings. The van der Waals surface area contributed by atoms with Crippen molar-refractivity contribution >= 4 is 40.6 Å². The number of thioether (sulfide) groups is 1. The largest absolute Gasteiger partial charge is 0.490 e. The van der Waals surface area contributed by atoms with Gasteiger partial charge in [-0.1, -0.05) is 0 Å². The fourth-order valence-electron chi connectivity index (χ4n) is 4.73. The van der Waals surface area contributed by atoms with Crippen molar-refractivity contribution in [2.24, 2.45) is 5.92 Å². The predicted molar refractivity (Wildman–Crippen MR) is 146 cm³/mol. The Morgan fingerprint density at radius 1 is 1.11 bits per heavy atom. The predicted octanol–water partition coefficient (Wildman–Crippen LogP) is 5.31. The zero-order chi connectivity index (χ0) is 33.8. The Bertz CT molecular complexity index is 1670. The van der Waals surface area contributed by atoms with Crippen LogP contribution in [-0.2, 0) is 16.0 Å². The Kier molecular flexibility index (Phi) is 10.4. The number of rotatable bonds is 5. The summed E-state index contributed by atoms with van der Waals surface area (Å²) in [6.07, 6.45) is -1.68. The van der Waals surface area contributed by atoms with E-state index in [0.717, 1.165) is 51.5 Å². The van der Waals surface area contributed by atoms with Gasteiger partial charge in [-0.15, -0.1) is 11.8 Å². The number of fused-ring (bicyclic) bond motifs is 2. The van der Waals surface area contributed by atoms with Gasteiger partial charge in [-0.05, 0) is 30.5 Å². The molecular weight excluding hydrogens is 658 g/mol. The van der Waals surface area contributed by atoms with Crippen LogP contribution in [0.1, 0.15) is 18.0 Å². The molecule has 1 unspecified atom stereocenters. The van der Waals surface area contributed by atoms with E-state index < -0.39 is 37.0 Å². The molecule has 0 radical (unpaired) electrons. The van der Waals surface area contributed by atoms with Crippen molar-refractivity contribution in [2.45, 2.75) is 36.3 Å². The summed E-state index contributed by atoms with van der Waals surface area (Å²) < 4.78 is 94.1. The third-order valence-corrected chi connectivity index (χ3v) is 7.92. The second kappa shape index (κ2) is 13.9. The van der Waals surface area contributed by atoms with Gasteiger partial charge in [0.05, 0.1) is 17.9 Å². The number of aromatic amines is 1. The lowest BCUT2D eigenvalue weighted by molar-refractivity contribution is -0.193. The molecule has 248 valence electrons. The van der Waals surface area contributed by atoms with Crippen LogP contribution in [0, 0.1) is 11.7 Å². The number of H-pyrrole nitrogens is 1. The molecule has 1 fully saturated rings. The normalized spacial score (nSPS) is 16.7. The molecule has 2 atom stereocenters. The molecule has 4 aromatic rings. The number of nitrogens with one attached hydrogen (secondary N) is 1. The van der Waals surface area contributed by atoms with Gasteiger partial charge in [-0.2, -0.15) is 31.4 Å². The standard InChI is InChI=1S/C22H21F2N7S.2C2HF3O2/c23-8-18(31-11-15(9-28-31)19-16-1-4-25-20(16)27-12-26-19)14-2-5-30(10-14)21-17(24)7-13-3-6-32-22(13)29-21;2*3-2(4,5)1(6)7/h1,4,7,9,11-12,14,18H,2-3,5-6,8,10H2,(H,25,26,27);2*(H,6,7)/t14-,18?;;/m0../s1. The first-order valence-corrected chi connectivity index (χ1v) is 14.1. The molecule has 1 saturated heterocycles. The van der Waals surface area contributed by atoms with Gasteiger partial charge < -0.3 is 20.1 Å². The first kappa shape index (κ1) is 34.4. The maximum atomic E-state index is 14.7. The molecule has 0 saturated carbocycles. The molecule has 6 rings (SSSR count). The van der Waals surface area contributed by atoms with Gasteiger partial charge in [0.15, 0.2) is 11.6 Å². The van der Waals surface area contributed by atoms with Crippen LogP contribution in [0.2, 0.25) is 0 Å². The molecule has 20 heteroatoms. The monoisotopic (exact) mass is 681 g/mol. The number of carboxylic acid groups (broad SMARTS) is 2. The lowest BCUT2D eigenvalue weighted by Crippen LogP contribution is -2.27. The number of carbonyl (C=O) groups is 2. The number of hydrogen-bond donors (Lipinski definition) is 3. The molecule has 0 aromatic carbocycles. The van der Waals surface area contributed by atoms with Gasteiger partial charge >= 0.3 is 24.3 Å². The molecule has 2 aliphatic heterocycles. The molecule has 0 amide bonds. The molecule has 0 aliphatic carbocycles. The third kappa shape index (κ3) is 8.01. The highest BCUT2D eigenvalue weighted by atomic mass is 32.2. The number of halogens is 8. The van der Waals surface area contributed by atoms with E-state index in [9.17, 15) is 35.1 Å². The zero-order valence-electron chi connectivity index (χ0n) is 23.2. The quantitative estimate of drug-likeness (QED) is 0.237. The molecule has 46 heavy (non-hydrogen) atoms. The summed E-state index contributed by atoms with van der Waals surface area (Å²) >= 11 is 1.67. The van der Waals surface area contributed by atoms with E-state index in [0.29, 0.717) is 18.9 Å². The van der Waals surface area contributed by atoms with Gasteiger partial charge in [0.2, 0.25) is 0 Å². The highest BCUT2D eigenvalue weighted by Crippen LogP contribution is 2.37. The molecule has 4 aromatic heterocycles. The van der Waals surface area contributed by atoms with Gasteiger partial charge in [0, 0.05) is 48.1 Å². The number of pyridine rings is 1. The van der Waals surface area contributed by atoms with Gasteiger partial charge in [-0.3, -0.25) is 4.68 Å². The van der Waals surface area contributed by atoms with Gasteiger partial charge in [-0.25, -0.2) is 33.3 Å². The molecular formula is C26H23F8N7O4S. The van der Waals surface area contributed by atoms with Crippen molar-refractivity contribution in [1.82, 2.24) is 29.7 Å². The number of aromatic nitrogens is 6. The topological polar surface area (TPSA) is 150 Å². The second-order valence-corrected chi connectivity index (χ2v) is 10.9. The van der Waals surface area contributed by atoms with E-state index in [1.807, 2.05) is 23.4 Å². The van der Waals surface area contributed by atoms with E-state index in [1.54, 1.807) is 28.7 Å². The summed E-state index contributed by atoms with van der Waals surface area (Å²) in [4.78, 5) is 36.0. The summed E-state index contributed by atoms with van der Waals surface area (Å²) in [5, 5.41) is 20.5.